The van der Waals surface area contributed by atoms with Gasteiger partial charge in [0.1, 0.15) is 5.82 Å². The molecule has 0 bridgehead atoms. The molecule has 1 heterocycles. The first-order chi connectivity index (χ1) is 9.95. The van der Waals surface area contributed by atoms with E-state index in [0.29, 0.717) is 18.4 Å². The molecule has 3 rings (SSSR count). The molecule has 0 radical (unpaired) electrons. The molecule has 1 aliphatic heterocycles. The predicted molar refractivity (Wildman–Crippen MR) is 69.6 cm³/mol. The number of amides is 1. The molecule has 6 nitrogen and oxygen atoms in total. The van der Waals surface area contributed by atoms with Gasteiger partial charge in [0.05, 0.1) is 18.3 Å². The number of nitrogens with zero attached hydrogens (tertiary/aromatic N) is 1. The zero-order chi connectivity index (χ0) is 15.1. The van der Waals surface area contributed by atoms with E-state index < -0.39 is 24.0 Å². The average molecular weight is 295 g/mol. The Labute approximate surface area is 119 Å². The summed E-state index contributed by atoms with van der Waals surface area (Å²) in [6.07, 6.45) is -1.35. The van der Waals surface area contributed by atoms with Gasteiger partial charge in [-0.25, -0.2) is 14.0 Å². The van der Waals surface area contributed by atoms with E-state index in [0.717, 1.165) is 4.90 Å². The average Bonchev–Trinajstić information content (AvgIpc) is 2.78. The fraction of sp³-hybridized carbons (Fsp3) is 0.429. The van der Waals surface area contributed by atoms with Crippen molar-refractivity contribution < 1.29 is 28.9 Å². The van der Waals surface area contributed by atoms with Crippen molar-refractivity contribution in [1.29, 1.82) is 0 Å². The van der Waals surface area contributed by atoms with Crippen LogP contribution in [0.25, 0.3) is 0 Å². The normalized spacial score (nSPS) is 28.2. The van der Waals surface area contributed by atoms with Gasteiger partial charge in [-0.2, -0.15) is 0 Å². The highest BCUT2D eigenvalue weighted by molar-refractivity contribution is 5.93. The van der Waals surface area contributed by atoms with Gasteiger partial charge in [0.2, 0.25) is 6.10 Å². The first-order valence-corrected chi connectivity index (χ1v) is 6.64. The highest BCUT2D eigenvalue weighted by Gasteiger charge is 2.37. The van der Waals surface area contributed by atoms with Crippen molar-refractivity contribution in [1.82, 2.24) is 0 Å². The molecular formula is C14H14FNO5. The van der Waals surface area contributed by atoms with Crippen molar-refractivity contribution in [2.24, 2.45) is 0 Å². The van der Waals surface area contributed by atoms with Crippen LogP contribution in [0.15, 0.2) is 18.2 Å². The molecule has 1 atom stereocenters. The van der Waals surface area contributed by atoms with E-state index in [1.165, 1.54) is 6.07 Å². The summed E-state index contributed by atoms with van der Waals surface area (Å²) in [7, 11) is 0. The number of benzene rings is 1. The van der Waals surface area contributed by atoms with Gasteiger partial charge in [-0.15, -0.1) is 0 Å². The second-order valence-corrected chi connectivity index (χ2v) is 5.35. The molecule has 2 N–H and O–H groups in total. The van der Waals surface area contributed by atoms with Crippen LogP contribution in [-0.2, 0) is 9.53 Å². The molecule has 1 aromatic rings. The molecule has 0 aromatic heterocycles. The van der Waals surface area contributed by atoms with E-state index in [4.69, 9.17) is 5.11 Å². The highest BCUT2D eigenvalue weighted by Crippen LogP contribution is 2.39. The number of hydrogen-bond acceptors (Lipinski definition) is 4. The molecule has 1 saturated carbocycles. The summed E-state index contributed by atoms with van der Waals surface area (Å²) in [6.45, 7) is -0.144. The highest BCUT2D eigenvalue weighted by atomic mass is 19.1. The monoisotopic (exact) mass is 295 g/mol. The fourth-order valence-corrected chi connectivity index (χ4v) is 2.66. The third-order valence-electron chi connectivity index (χ3n) is 3.94. The van der Waals surface area contributed by atoms with Crippen molar-refractivity contribution in [3.63, 3.8) is 0 Å². The minimum Gasteiger partial charge on any atom is -0.478 e. The summed E-state index contributed by atoms with van der Waals surface area (Å²) >= 11 is 0. The zero-order valence-corrected chi connectivity index (χ0v) is 11.0. The summed E-state index contributed by atoms with van der Waals surface area (Å²) in [4.78, 5) is 23.5. The van der Waals surface area contributed by atoms with E-state index in [9.17, 15) is 19.1 Å². The standard InChI is InChI=1S/C14H14FNO5/c15-11-5-8(1-2-10(11)7-3-9(17)4-7)16-6-12(13(18)19)21-14(16)20/h1-2,5,7,9,12,17H,3-4,6H2,(H,18,19)/t7?,9?,12-/m1/s1. The molecule has 1 amide bonds. The zero-order valence-electron chi connectivity index (χ0n) is 11.0. The van der Waals surface area contributed by atoms with E-state index in [-0.39, 0.29) is 24.3 Å². The molecule has 2 fully saturated rings. The number of carboxylic acid groups (broad SMARTS) is 1. The number of aliphatic carboxylic acids is 1. The summed E-state index contributed by atoms with van der Waals surface area (Å²) in [5.74, 6) is -1.70. The van der Waals surface area contributed by atoms with Crippen molar-refractivity contribution in [3.8, 4) is 0 Å². The number of carboxylic acids is 1. The molecule has 2 aliphatic rings. The molecule has 1 aliphatic carbocycles. The molecule has 7 heteroatoms. The van der Waals surface area contributed by atoms with Crippen LogP contribution in [-0.4, -0.2) is 41.0 Å². The van der Waals surface area contributed by atoms with Gasteiger partial charge in [-0.1, -0.05) is 6.07 Å². The number of rotatable bonds is 3. The number of hydrogen-bond donors (Lipinski definition) is 2. The fourth-order valence-electron chi connectivity index (χ4n) is 2.66. The van der Waals surface area contributed by atoms with Gasteiger partial charge in [0, 0.05) is 0 Å². The van der Waals surface area contributed by atoms with Gasteiger partial charge < -0.3 is 14.9 Å². The van der Waals surface area contributed by atoms with Crippen LogP contribution >= 0.6 is 0 Å². The van der Waals surface area contributed by atoms with E-state index in [1.54, 1.807) is 12.1 Å². The lowest BCUT2D eigenvalue weighted by Gasteiger charge is -2.32. The Morgan fingerprint density at radius 3 is 2.62 bits per heavy atom. The number of cyclic esters (lactones) is 1. The van der Waals surface area contributed by atoms with Crippen LogP contribution in [0.1, 0.15) is 24.3 Å². The van der Waals surface area contributed by atoms with Gasteiger partial charge in [-0.3, -0.25) is 4.90 Å². The molecule has 0 unspecified atom stereocenters. The van der Waals surface area contributed by atoms with Gasteiger partial charge in [-0.05, 0) is 36.5 Å². The van der Waals surface area contributed by atoms with Crippen LogP contribution in [0.4, 0.5) is 14.9 Å². The van der Waals surface area contributed by atoms with Crippen LogP contribution < -0.4 is 4.90 Å². The van der Waals surface area contributed by atoms with Gasteiger partial charge in [0.25, 0.3) is 0 Å². The Kier molecular flexibility index (Phi) is 3.29. The quantitative estimate of drug-likeness (QED) is 0.882. The summed E-state index contributed by atoms with van der Waals surface area (Å²) in [5, 5.41) is 18.1. The Morgan fingerprint density at radius 2 is 2.10 bits per heavy atom. The number of carbonyl (C=O) groups excluding carboxylic acids is 1. The first kappa shape index (κ1) is 13.8. The third kappa shape index (κ3) is 2.44. The number of anilines is 1. The maximum absolute atomic E-state index is 14.1. The SMILES string of the molecule is O=C(O)[C@H]1CN(c2ccc(C3CC(O)C3)c(F)c2)C(=O)O1. The Balaban J connectivity index is 1.79. The summed E-state index contributed by atoms with van der Waals surface area (Å²) in [6, 6.07) is 4.34. The van der Waals surface area contributed by atoms with E-state index in [1.807, 2.05) is 0 Å². The maximum Gasteiger partial charge on any atom is 0.415 e. The number of aliphatic hydroxyl groups is 1. The Morgan fingerprint density at radius 1 is 1.38 bits per heavy atom. The number of ether oxygens (including phenoxy) is 1. The second-order valence-electron chi connectivity index (χ2n) is 5.35. The largest absolute Gasteiger partial charge is 0.478 e. The summed E-state index contributed by atoms with van der Waals surface area (Å²) < 4.78 is 18.8. The predicted octanol–water partition coefficient (Wildman–Crippen LogP) is 1.47. The molecule has 112 valence electrons. The van der Waals surface area contributed by atoms with Crippen molar-refractivity contribution >= 4 is 17.7 Å². The minimum absolute atomic E-state index is 0.00801. The molecular weight excluding hydrogens is 281 g/mol. The van der Waals surface area contributed by atoms with Crippen LogP contribution in [0.3, 0.4) is 0 Å². The van der Waals surface area contributed by atoms with Crippen LogP contribution in [0.5, 0.6) is 0 Å². The van der Waals surface area contributed by atoms with E-state index >= 15 is 0 Å². The number of halogens is 1. The van der Waals surface area contributed by atoms with Crippen molar-refractivity contribution in [2.75, 3.05) is 11.4 Å². The number of carbonyl (C=O) groups is 2. The lowest BCUT2D eigenvalue weighted by atomic mass is 9.77. The lowest BCUT2D eigenvalue weighted by Crippen LogP contribution is -2.28. The van der Waals surface area contributed by atoms with Crippen molar-refractivity contribution in [2.45, 2.75) is 31.0 Å². The molecule has 21 heavy (non-hydrogen) atoms. The Bertz CT molecular complexity index is 599. The van der Waals surface area contributed by atoms with Gasteiger partial charge >= 0.3 is 12.1 Å². The minimum atomic E-state index is -1.23. The maximum atomic E-state index is 14.1. The van der Waals surface area contributed by atoms with Crippen molar-refractivity contribution in [3.05, 3.63) is 29.6 Å². The lowest BCUT2D eigenvalue weighted by molar-refractivity contribution is -0.144. The summed E-state index contributed by atoms with van der Waals surface area (Å²) in [5.41, 5.74) is 0.774. The topological polar surface area (TPSA) is 87.1 Å². The van der Waals surface area contributed by atoms with E-state index in [2.05, 4.69) is 4.74 Å². The second kappa shape index (κ2) is 5.00. The molecule has 0 spiro atoms. The molecule has 1 saturated heterocycles. The third-order valence-corrected chi connectivity index (χ3v) is 3.94. The first-order valence-electron chi connectivity index (χ1n) is 6.64. The van der Waals surface area contributed by atoms with Crippen LogP contribution in [0.2, 0.25) is 0 Å². The molecule has 1 aromatic carbocycles. The smallest absolute Gasteiger partial charge is 0.415 e. The Hall–Kier alpha value is -2.15. The van der Waals surface area contributed by atoms with Crippen LogP contribution in [0, 0.1) is 5.82 Å². The number of aliphatic hydroxyl groups excluding tert-OH is 1. The van der Waals surface area contributed by atoms with Gasteiger partial charge in [0.15, 0.2) is 0 Å².